The summed E-state index contributed by atoms with van der Waals surface area (Å²) in [4.78, 5) is 16.0. The number of hydrogen-bond donors (Lipinski definition) is 0. The van der Waals surface area contributed by atoms with Crippen molar-refractivity contribution in [1.29, 1.82) is 0 Å². The van der Waals surface area contributed by atoms with Crippen molar-refractivity contribution in [2.45, 2.75) is 0 Å². The van der Waals surface area contributed by atoms with Crippen LogP contribution in [0, 0.1) is 0 Å². The highest BCUT2D eigenvalue weighted by atomic mass is 32.1. The predicted molar refractivity (Wildman–Crippen MR) is 244 cm³/mol. The van der Waals surface area contributed by atoms with E-state index in [2.05, 4.69) is 174 Å². The first kappa shape index (κ1) is 32.7. The molecule has 4 nitrogen and oxygen atoms in total. The van der Waals surface area contributed by atoms with Gasteiger partial charge in [-0.2, -0.15) is 9.97 Å². The van der Waals surface area contributed by atoms with E-state index in [1.54, 1.807) is 0 Å². The zero-order valence-corrected chi connectivity index (χ0v) is 32.0. The lowest BCUT2D eigenvalue weighted by molar-refractivity contribution is 0.955. The quantitative estimate of drug-likeness (QED) is 0.164. The Hall–Kier alpha value is -7.47. The van der Waals surface area contributed by atoms with Gasteiger partial charge in [0, 0.05) is 53.0 Å². The van der Waals surface area contributed by atoms with E-state index in [0.29, 0.717) is 17.6 Å². The van der Waals surface area contributed by atoms with Crippen molar-refractivity contribution in [3.05, 3.63) is 194 Å². The van der Waals surface area contributed by atoms with E-state index in [1.165, 1.54) is 47.3 Å². The Balaban J connectivity index is 1.21. The van der Waals surface area contributed by atoms with Crippen LogP contribution in [0.5, 0.6) is 0 Å². The molecule has 0 atom stereocenters. The van der Waals surface area contributed by atoms with E-state index in [4.69, 9.17) is 15.0 Å². The van der Waals surface area contributed by atoms with Crippen LogP contribution in [0.15, 0.2) is 194 Å². The average Bonchev–Trinajstić information content (AvgIpc) is 3.86. The van der Waals surface area contributed by atoms with Crippen LogP contribution in [0.2, 0.25) is 0 Å². The van der Waals surface area contributed by atoms with Crippen LogP contribution < -0.4 is 0 Å². The molecular weight excluding hydrogens is 725 g/mol. The van der Waals surface area contributed by atoms with Crippen LogP contribution in [0.4, 0.5) is 0 Å². The average molecular weight is 757 g/mol. The second kappa shape index (κ2) is 13.1. The first-order valence-electron chi connectivity index (χ1n) is 19.5. The first-order chi connectivity index (χ1) is 28.8. The van der Waals surface area contributed by atoms with E-state index in [9.17, 15) is 0 Å². The maximum Gasteiger partial charge on any atom is 0.238 e. The third kappa shape index (κ3) is 5.11. The standard InChI is InChI=1S/C53H32N4S/c1-3-14-33(15-4-1)34-26-28-36(29-27-34)52-54-51(35-16-5-2-6-17-35)55-53(56-52)57-49-38(37-30-31-47-45(32-37)41-20-11-12-25-46(41)58-47)23-13-24-44(49)48-42-21-9-7-18-39(42)40-19-8-10-22-43(40)50(48)57/h1-32H. The molecule has 0 aliphatic rings. The van der Waals surface area contributed by atoms with Crippen molar-refractivity contribution in [2.24, 2.45) is 0 Å². The van der Waals surface area contributed by atoms with Gasteiger partial charge in [0.25, 0.3) is 0 Å². The summed E-state index contributed by atoms with van der Waals surface area (Å²) >= 11 is 1.84. The summed E-state index contributed by atoms with van der Waals surface area (Å²) < 4.78 is 4.89. The fraction of sp³-hybridized carbons (Fsp3) is 0. The summed E-state index contributed by atoms with van der Waals surface area (Å²) in [5.74, 6) is 1.81. The zero-order valence-electron chi connectivity index (χ0n) is 31.2. The lowest BCUT2D eigenvalue weighted by Gasteiger charge is -2.14. The van der Waals surface area contributed by atoms with Gasteiger partial charge in [-0.3, -0.25) is 4.57 Å². The van der Waals surface area contributed by atoms with Crippen LogP contribution in [-0.2, 0) is 0 Å². The second-order valence-corrected chi connectivity index (χ2v) is 15.8. The molecule has 58 heavy (non-hydrogen) atoms. The molecule has 3 heterocycles. The third-order valence-corrected chi connectivity index (χ3v) is 12.6. The molecule has 0 saturated heterocycles. The normalized spacial score (nSPS) is 11.8. The van der Waals surface area contributed by atoms with E-state index in [1.807, 2.05) is 35.6 Å². The van der Waals surface area contributed by atoms with Crippen LogP contribution >= 0.6 is 11.3 Å². The number of benzene rings is 9. The Morgan fingerprint density at radius 2 is 0.845 bits per heavy atom. The molecule has 0 aliphatic carbocycles. The van der Waals surface area contributed by atoms with Crippen LogP contribution in [-0.4, -0.2) is 19.5 Å². The SMILES string of the molecule is c1ccc(-c2ccc(-c3nc(-c4ccccc4)nc(-n4c5c(-c6ccc7sc8ccccc8c7c6)cccc5c5c6ccccc6c6ccccc6c54)n3)cc2)cc1. The van der Waals surface area contributed by atoms with E-state index < -0.39 is 0 Å². The van der Waals surface area contributed by atoms with Crippen LogP contribution in [0.25, 0.3) is 115 Å². The molecule has 12 rings (SSSR count). The molecular formula is C53H32N4S. The molecule has 0 bridgehead atoms. The number of aromatic nitrogens is 4. The van der Waals surface area contributed by atoms with Crippen molar-refractivity contribution in [3.8, 4) is 51.0 Å². The molecule has 0 spiro atoms. The topological polar surface area (TPSA) is 43.6 Å². The Bertz CT molecular complexity index is 3550. The van der Waals surface area contributed by atoms with Gasteiger partial charge in [0.1, 0.15) is 0 Å². The van der Waals surface area contributed by atoms with Gasteiger partial charge in [0.05, 0.1) is 11.0 Å². The van der Waals surface area contributed by atoms with Gasteiger partial charge in [-0.1, -0.05) is 176 Å². The summed E-state index contributed by atoms with van der Waals surface area (Å²) in [6.07, 6.45) is 0. The minimum absolute atomic E-state index is 0.575. The molecule has 270 valence electrons. The zero-order chi connectivity index (χ0) is 38.2. The molecule has 0 saturated carbocycles. The van der Waals surface area contributed by atoms with Gasteiger partial charge < -0.3 is 0 Å². The van der Waals surface area contributed by atoms with Crippen molar-refractivity contribution in [1.82, 2.24) is 19.5 Å². The van der Waals surface area contributed by atoms with Crippen LogP contribution in [0.1, 0.15) is 0 Å². The number of nitrogens with zero attached hydrogens (tertiary/aromatic N) is 4. The van der Waals surface area contributed by atoms with Crippen LogP contribution in [0.3, 0.4) is 0 Å². The van der Waals surface area contributed by atoms with Gasteiger partial charge in [0.2, 0.25) is 5.95 Å². The van der Waals surface area contributed by atoms with Crippen molar-refractivity contribution in [3.63, 3.8) is 0 Å². The summed E-state index contributed by atoms with van der Waals surface area (Å²) in [5, 5.41) is 9.64. The number of thiophene rings is 1. The minimum Gasteiger partial charge on any atom is -0.277 e. The van der Waals surface area contributed by atoms with Gasteiger partial charge in [-0.15, -0.1) is 11.3 Å². The fourth-order valence-electron chi connectivity index (χ4n) is 8.80. The molecule has 0 radical (unpaired) electrons. The second-order valence-electron chi connectivity index (χ2n) is 14.8. The molecule has 5 heteroatoms. The molecule has 0 fully saturated rings. The first-order valence-corrected chi connectivity index (χ1v) is 20.3. The number of fused-ring (bicyclic) bond motifs is 11. The monoisotopic (exact) mass is 756 g/mol. The number of para-hydroxylation sites is 1. The molecule has 12 aromatic rings. The smallest absolute Gasteiger partial charge is 0.238 e. The highest BCUT2D eigenvalue weighted by molar-refractivity contribution is 7.25. The highest BCUT2D eigenvalue weighted by Gasteiger charge is 2.24. The Labute approximate surface area is 338 Å². The largest absolute Gasteiger partial charge is 0.277 e. The van der Waals surface area contributed by atoms with Crippen molar-refractivity contribution in [2.75, 3.05) is 0 Å². The Morgan fingerprint density at radius 1 is 0.328 bits per heavy atom. The summed E-state index contributed by atoms with van der Waals surface area (Å²) in [5.41, 5.74) is 8.57. The van der Waals surface area contributed by atoms with Gasteiger partial charge in [0.15, 0.2) is 11.6 Å². The maximum atomic E-state index is 5.42. The maximum absolute atomic E-state index is 5.42. The molecule has 0 N–H and O–H groups in total. The van der Waals surface area contributed by atoms with E-state index >= 15 is 0 Å². The van der Waals surface area contributed by atoms with Gasteiger partial charge in [-0.05, 0) is 51.0 Å². The molecule has 0 amide bonds. The van der Waals surface area contributed by atoms with E-state index in [0.717, 1.165) is 49.6 Å². The summed E-state index contributed by atoms with van der Waals surface area (Å²) in [6.45, 7) is 0. The number of rotatable bonds is 5. The molecule has 0 unspecified atom stereocenters. The van der Waals surface area contributed by atoms with Gasteiger partial charge in [-0.25, -0.2) is 4.98 Å². The minimum atomic E-state index is 0.575. The summed E-state index contributed by atoms with van der Waals surface area (Å²) in [7, 11) is 0. The van der Waals surface area contributed by atoms with Crippen molar-refractivity contribution < 1.29 is 0 Å². The summed E-state index contributed by atoms with van der Waals surface area (Å²) in [6, 6.07) is 69.1. The molecule has 9 aromatic carbocycles. The van der Waals surface area contributed by atoms with E-state index in [-0.39, 0.29) is 0 Å². The van der Waals surface area contributed by atoms with Gasteiger partial charge >= 0.3 is 0 Å². The third-order valence-electron chi connectivity index (χ3n) is 11.5. The highest BCUT2D eigenvalue weighted by Crippen LogP contribution is 2.46. The van der Waals surface area contributed by atoms with Crippen molar-refractivity contribution >= 4 is 74.9 Å². The number of hydrogen-bond acceptors (Lipinski definition) is 4. The molecule has 0 aliphatic heterocycles. The Kier molecular flexibility index (Phi) is 7.37. The lowest BCUT2D eigenvalue weighted by atomic mass is 9.95. The fourth-order valence-corrected chi connectivity index (χ4v) is 9.89. The lowest BCUT2D eigenvalue weighted by Crippen LogP contribution is -2.07. The molecule has 3 aromatic heterocycles. The predicted octanol–water partition coefficient (Wildman–Crippen LogP) is 14.3. The Morgan fingerprint density at radius 3 is 1.59 bits per heavy atom.